The van der Waals surface area contributed by atoms with E-state index in [-0.39, 0.29) is 4.90 Å². The van der Waals surface area contributed by atoms with Gasteiger partial charge in [0.05, 0.1) is 18.1 Å². The summed E-state index contributed by atoms with van der Waals surface area (Å²) in [4.78, 5) is 6.16. The van der Waals surface area contributed by atoms with Gasteiger partial charge in [-0.2, -0.15) is 0 Å². The highest BCUT2D eigenvalue weighted by atomic mass is 32.2. The van der Waals surface area contributed by atoms with Crippen LogP contribution in [0.4, 0.5) is 5.82 Å². The van der Waals surface area contributed by atoms with Crippen LogP contribution in [0.2, 0.25) is 0 Å². The van der Waals surface area contributed by atoms with E-state index >= 15 is 0 Å². The van der Waals surface area contributed by atoms with Gasteiger partial charge in [-0.1, -0.05) is 0 Å². The number of morpholine rings is 1. The monoisotopic (exact) mass is 258 g/mol. The number of hydrogen-bond acceptors (Lipinski definition) is 6. The highest BCUT2D eigenvalue weighted by Gasteiger charge is 2.16. The molecule has 1 aromatic rings. The lowest BCUT2D eigenvalue weighted by Gasteiger charge is -2.27. The molecule has 0 aliphatic carbocycles. The molecule has 0 bridgehead atoms. The van der Waals surface area contributed by atoms with Gasteiger partial charge < -0.3 is 14.7 Å². The Balaban J connectivity index is 2.18. The summed E-state index contributed by atoms with van der Waals surface area (Å²) in [5.41, 5.74) is 0. The SMILES string of the molecule is O=S(=O)(CO)c1ccc(N2CCOCC2)nc1. The average Bonchev–Trinajstić information content (AvgIpc) is 2.40. The molecular formula is C10H14N2O4S. The minimum Gasteiger partial charge on any atom is -0.380 e. The van der Waals surface area contributed by atoms with Crippen molar-refractivity contribution in [2.24, 2.45) is 0 Å². The molecule has 0 radical (unpaired) electrons. The maximum absolute atomic E-state index is 11.4. The molecule has 0 unspecified atom stereocenters. The first kappa shape index (κ1) is 12.3. The van der Waals surface area contributed by atoms with Crippen LogP contribution in [-0.4, -0.2) is 50.8 Å². The van der Waals surface area contributed by atoms with E-state index in [0.717, 1.165) is 18.9 Å². The number of sulfone groups is 1. The summed E-state index contributed by atoms with van der Waals surface area (Å²) in [5.74, 6) is -0.170. The van der Waals surface area contributed by atoms with Crippen LogP contribution in [0.25, 0.3) is 0 Å². The Hall–Kier alpha value is -1.18. The fourth-order valence-electron chi connectivity index (χ4n) is 1.61. The second-order valence-electron chi connectivity index (χ2n) is 3.70. The zero-order valence-corrected chi connectivity index (χ0v) is 10.1. The number of aliphatic hydroxyl groups is 1. The molecule has 6 nitrogen and oxygen atoms in total. The van der Waals surface area contributed by atoms with Crippen LogP contribution in [0.1, 0.15) is 0 Å². The van der Waals surface area contributed by atoms with E-state index in [1.807, 2.05) is 4.90 Å². The van der Waals surface area contributed by atoms with Gasteiger partial charge in [0.2, 0.25) is 9.84 Å². The van der Waals surface area contributed by atoms with Crippen LogP contribution >= 0.6 is 0 Å². The molecule has 0 spiro atoms. The van der Waals surface area contributed by atoms with Crippen LogP contribution in [0.15, 0.2) is 23.2 Å². The van der Waals surface area contributed by atoms with E-state index in [9.17, 15) is 8.42 Å². The molecule has 7 heteroatoms. The molecule has 0 aromatic carbocycles. The summed E-state index contributed by atoms with van der Waals surface area (Å²) >= 11 is 0. The molecular weight excluding hydrogens is 244 g/mol. The molecule has 1 aliphatic heterocycles. The lowest BCUT2D eigenvalue weighted by molar-refractivity contribution is 0.122. The highest BCUT2D eigenvalue weighted by molar-refractivity contribution is 7.91. The van der Waals surface area contributed by atoms with Gasteiger partial charge in [0, 0.05) is 19.3 Å². The largest absolute Gasteiger partial charge is 0.380 e. The van der Waals surface area contributed by atoms with E-state index in [1.54, 1.807) is 6.07 Å². The molecule has 0 amide bonds. The number of nitrogens with zero attached hydrogens (tertiary/aromatic N) is 2. The third kappa shape index (κ3) is 2.74. The second kappa shape index (κ2) is 4.99. The molecule has 0 saturated carbocycles. The zero-order chi connectivity index (χ0) is 12.3. The summed E-state index contributed by atoms with van der Waals surface area (Å²) in [5, 5.41) is 8.72. The summed E-state index contributed by atoms with van der Waals surface area (Å²) in [6.07, 6.45) is 1.27. The molecule has 2 rings (SSSR count). The number of pyridine rings is 1. The van der Waals surface area contributed by atoms with Gasteiger partial charge in [0.1, 0.15) is 11.8 Å². The van der Waals surface area contributed by atoms with Gasteiger partial charge in [-0.25, -0.2) is 13.4 Å². The first-order valence-electron chi connectivity index (χ1n) is 5.26. The van der Waals surface area contributed by atoms with Gasteiger partial charge in [-0.15, -0.1) is 0 Å². The quantitative estimate of drug-likeness (QED) is 0.797. The maximum Gasteiger partial charge on any atom is 0.203 e. The standard InChI is InChI=1S/C10H14N2O4S/c13-8-17(14,15)9-1-2-10(11-7-9)12-3-5-16-6-4-12/h1-2,7,13H,3-6,8H2. The van der Waals surface area contributed by atoms with Crippen molar-refractivity contribution in [3.63, 3.8) is 0 Å². The smallest absolute Gasteiger partial charge is 0.203 e. The number of hydrogen-bond donors (Lipinski definition) is 1. The summed E-state index contributed by atoms with van der Waals surface area (Å²) in [6.45, 7) is 2.80. The zero-order valence-electron chi connectivity index (χ0n) is 9.24. The molecule has 1 aliphatic rings. The van der Waals surface area contributed by atoms with Crippen molar-refractivity contribution in [1.29, 1.82) is 0 Å². The van der Waals surface area contributed by atoms with E-state index in [2.05, 4.69) is 4.98 Å². The highest BCUT2D eigenvalue weighted by Crippen LogP contribution is 2.16. The lowest BCUT2D eigenvalue weighted by Crippen LogP contribution is -2.36. The molecule has 1 N–H and O–H groups in total. The third-order valence-corrected chi connectivity index (χ3v) is 3.88. The first-order chi connectivity index (χ1) is 8.13. The topological polar surface area (TPSA) is 79.7 Å². The number of anilines is 1. The Morgan fingerprint density at radius 3 is 2.59 bits per heavy atom. The molecule has 17 heavy (non-hydrogen) atoms. The minimum atomic E-state index is -3.60. The van der Waals surface area contributed by atoms with Crippen molar-refractivity contribution in [3.8, 4) is 0 Å². The van der Waals surface area contributed by atoms with E-state index in [4.69, 9.17) is 9.84 Å². The Kier molecular flexibility index (Phi) is 3.60. The van der Waals surface area contributed by atoms with Crippen LogP contribution < -0.4 is 4.90 Å². The Bertz CT molecular complexity index is 466. The van der Waals surface area contributed by atoms with Gasteiger partial charge in [0.25, 0.3) is 0 Å². The Labute approximate surface area is 99.8 Å². The van der Waals surface area contributed by atoms with E-state index in [1.165, 1.54) is 12.3 Å². The Morgan fingerprint density at radius 1 is 1.35 bits per heavy atom. The summed E-state index contributed by atoms with van der Waals surface area (Å²) in [6, 6.07) is 3.11. The van der Waals surface area contributed by atoms with Crippen molar-refractivity contribution in [1.82, 2.24) is 4.98 Å². The van der Waals surface area contributed by atoms with Crippen LogP contribution in [0.5, 0.6) is 0 Å². The van der Waals surface area contributed by atoms with Crippen molar-refractivity contribution >= 4 is 15.7 Å². The van der Waals surface area contributed by atoms with Crippen molar-refractivity contribution < 1.29 is 18.3 Å². The van der Waals surface area contributed by atoms with Crippen molar-refractivity contribution in [2.45, 2.75) is 4.90 Å². The molecule has 0 atom stereocenters. The van der Waals surface area contributed by atoms with E-state index in [0.29, 0.717) is 13.2 Å². The number of aromatic nitrogens is 1. The van der Waals surface area contributed by atoms with Gasteiger partial charge in [0.15, 0.2) is 0 Å². The molecule has 1 aromatic heterocycles. The van der Waals surface area contributed by atoms with Gasteiger partial charge >= 0.3 is 0 Å². The predicted octanol–water partition coefficient (Wildman–Crippen LogP) is -0.358. The number of rotatable bonds is 3. The fourth-order valence-corrected chi connectivity index (χ4v) is 2.25. The molecule has 2 heterocycles. The molecule has 94 valence electrons. The first-order valence-corrected chi connectivity index (χ1v) is 6.91. The lowest BCUT2D eigenvalue weighted by atomic mass is 10.4. The van der Waals surface area contributed by atoms with Crippen LogP contribution in [-0.2, 0) is 14.6 Å². The summed E-state index contributed by atoms with van der Waals surface area (Å²) < 4.78 is 27.9. The van der Waals surface area contributed by atoms with Gasteiger partial charge in [-0.3, -0.25) is 0 Å². The fraction of sp³-hybridized carbons (Fsp3) is 0.500. The molecule has 1 saturated heterocycles. The van der Waals surface area contributed by atoms with Gasteiger partial charge in [-0.05, 0) is 12.1 Å². The van der Waals surface area contributed by atoms with Crippen LogP contribution in [0.3, 0.4) is 0 Å². The summed E-state index contributed by atoms with van der Waals surface area (Å²) in [7, 11) is -3.60. The third-order valence-electron chi connectivity index (χ3n) is 2.58. The number of ether oxygens (including phenoxy) is 1. The maximum atomic E-state index is 11.4. The van der Waals surface area contributed by atoms with Crippen LogP contribution in [0, 0.1) is 0 Å². The normalized spacial score (nSPS) is 17.1. The average molecular weight is 258 g/mol. The minimum absolute atomic E-state index is 0.0389. The van der Waals surface area contributed by atoms with E-state index < -0.39 is 15.8 Å². The Morgan fingerprint density at radius 2 is 2.06 bits per heavy atom. The van der Waals surface area contributed by atoms with Crippen molar-refractivity contribution in [2.75, 3.05) is 37.1 Å². The predicted molar refractivity (Wildman–Crippen MR) is 61.5 cm³/mol. The van der Waals surface area contributed by atoms with Crippen molar-refractivity contribution in [3.05, 3.63) is 18.3 Å². The molecule has 1 fully saturated rings. The number of aliphatic hydroxyl groups excluding tert-OH is 1. The second-order valence-corrected chi connectivity index (χ2v) is 5.65.